The highest BCUT2D eigenvalue weighted by molar-refractivity contribution is 5.97. The van der Waals surface area contributed by atoms with Crippen LogP contribution < -0.4 is 0 Å². The van der Waals surface area contributed by atoms with Crippen molar-refractivity contribution in [1.29, 1.82) is 0 Å². The van der Waals surface area contributed by atoms with Gasteiger partial charge in [-0.05, 0) is 69.3 Å². The second kappa shape index (κ2) is 8.36. The molecule has 1 unspecified atom stereocenters. The quantitative estimate of drug-likeness (QED) is 0.722. The first-order valence-corrected chi connectivity index (χ1v) is 11.1. The van der Waals surface area contributed by atoms with Gasteiger partial charge < -0.3 is 4.74 Å². The van der Waals surface area contributed by atoms with Gasteiger partial charge >= 0.3 is 0 Å². The number of rotatable bonds is 3. The monoisotopic (exact) mass is 383 g/mol. The van der Waals surface area contributed by atoms with E-state index >= 15 is 0 Å². The van der Waals surface area contributed by atoms with E-state index in [0.717, 1.165) is 58.0 Å². The van der Waals surface area contributed by atoms with Crippen molar-refractivity contribution >= 4 is 11.8 Å². The van der Waals surface area contributed by atoms with Gasteiger partial charge in [-0.1, -0.05) is 37.3 Å². The molecule has 2 aliphatic heterocycles. The zero-order chi connectivity index (χ0) is 19.6. The number of carbonyl (C=O) groups is 2. The molecule has 1 aliphatic carbocycles. The Kier molecular flexibility index (Phi) is 5.86. The molecule has 2 heterocycles. The van der Waals surface area contributed by atoms with Gasteiger partial charge in [0.15, 0.2) is 0 Å². The molecule has 4 heteroatoms. The highest BCUT2D eigenvalue weighted by atomic mass is 16.5. The third-order valence-electron chi connectivity index (χ3n) is 7.16. The molecule has 152 valence electrons. The third kappa shape index (κ3) is 4.03. The van der Waals surface area contributed by atoms with E-state index in [9.17, 15) is 9.59 Å². The van der Waals surface area contributed by atoms with Crippen LogP contribution in [0.15, 0.2) is 30.3 Å². The minimum Gasteiger partial charge on any atom is -0.375 e. The standard InChI is InChI=1S/C24H33NO3/c1-18-17-24(13-5-6-15-28-24)14-12-21(18)23(27)25-20(10-7-11-22(25)26)16-19-8-3-2-4-9-19/h2-4,8-9,18,20-21H,5-7,10-17H2,1H3/t18-,20+,21-,24?/m1/s1. The molecule has 1 saturated carbocycles. The summed E-state index contributed by atoms with van der Waals surface area (Å²) in [5.41, 5.74) is 1.19. The molecule has 4 rings (SSSR count). The first-order valence-electron chi connectivity index (χ1n) is 11.1. The van der Waals surface area contributed by atoms with Crippen LogP contribution in [-0.4, -0.2) is 35.0 Å². The van der Waals surface area contributed by atoms with Gasteiger partial charge in [0.1, 0.15) is 0 Å². The third-order valence-corrected chi connectivity index (χ3v) is 7.16. The number of hydrogen-bond donors (Lipinski definition) is 0. The summed E-state index contributed by atoms with van der Waals surface area (Å²) in [6, 6.07) is 10.2. The Morgan fingerprint density at radius 3 is 2.68 bits per heavy atom. The average molecular weight is 384 g/mol. The molecular formula is C24H33NO3. The molecule has 2 saturated heterocycles. The summed E-state index contributed by atoms with van der Waals surface area (Å²) in [6.07, 6.45) is 9.35. The number of likely N-dealkylation sites (tertiary alicyclic amines) is 1. The van der Waals surface area contributed by atoms with Gasteiger partial charge in [-0.25, -0.2) is 0 Å². The van der Waals surface area contributed by atoms with E-state index in [1.54, 1.807) is 4.90 Å². The molecule has 3 fully saturated rings. The summed E-state index contributed by atoms with van der Waals surface area (Å²) < 4.78 is 6.18. The number of benzene rings is 1. The summed E-state index contributed by atoms with van der Waals surface area (Å²) in [5.74, 6) is 0.324. The zero-order valence-electron chi connectivity index (χ0n) is 17.1. The van der Waals surface area contributed by atoms with Crippen molar-refractivity contribution in [2.45, 2.75) is 82.8 Å². The first-order chi connectivity index (χ1) is 13.6. The van der Waals surface area contributed by atoms with E-state index < -0.39 is 0 Å². The lowest BCUT2D eigenvalue weighted by Gasteiger charge is -2.46. The summed E-state index contributed by atoms with van der Waals surface area (Å²) in [5, 5.41) is 0. The maximum atomic E-state index is 13.5. The van der Waals surface area contributed by atoms with Crippen molar-refractivity contribution < 1.29 is 14.3 Å². The predicted octanol–water partition coefficient (Wildman–Crippen LogP) is 4.51. The summed E-state index contributed by atoms with van der Waals surface area (Å²) >= 11 is 0. The Morgan fingerprint density at radius 1 is 1.14 bits per heavy atom. The van der Waals surface area contributed by atoms with E-state index in [1.165, 1.54) is 12.0 Å². The summed E-state index contributed by atoms with van der Waals surface area (Å²) in [4.78, 5) is 27.9. The largest absolute Gasteiger partial charge is 0.375 e. The first kappa shape index (κ1) is 19.6. The number of piperidine rings is 1. The molecule has 3 aliphatic rings. The maximum absolute atomic E-state index is 13.5. The van der Waals surface area contributed by atoms with Crippen molar-refractivity contribution in [2.75, 3.05) is 6.61 Å². The van der Waals surface area contributed by atoms with Crippen LogP contribution in [0.25, 0.3) is 0 Å². The molecule has 0 N–H and O–H groups in total. The predicted molar refractivity (Wildman–Crippen MR) is 109 cm³/mol. The van der Waals surface area contributed by atoms with Crippen molar-refractivity contribution in [3.05, 3.63) is 35.9 Å². The highest BCUT2D eigenvalue weighted by Gasteiger charge is 2.46. The fourth-order valence-electron chi connectivity index (χ4n) is 5.67. The lowest BCUT2D eigenvalue weighted by atomic mass is 9.69. The number of imide groups is 1. The molecule has 1 aromatic carbocycles. The zero-order valence-corrected chi connectivity index (χ0v) is 17.1. The minimum atomic E-state index is -0.0449. The van der Waals surface area contributed by atoms with Crippen LogP contribution in [0.3, 0.4) is 0 Å². The van der Waals surface area contributed by atoms with E-state index in [2.05, 4.69) is 19.1 Å². The van der Waals surface area contributed by atoms with Gasteiger partial charge in [0.25, 0.3) is 0 Å². The van der Waals surface area contributed by atoms with Crippen LogP contribution in [0.2, 0.25) is 0 Å². The molecule has 1 aromatic rings. The highest BCUT2D eigenvalue weighted by Crippen LogP contribution is 2.44. The topological polar surface area (TPSA) is 46.6 Å². The smallest absolute Gasteiger partial charge is 0.232 e. The summed E-state index contributed by atoms with van der Waals surface area (Å²) in [7, 11) is 0. The van der Waals surface area contributed by atoms with E-state index in [-0.39, 0.29) is 35.3 Å². The van der Waals surface area contributed by atoms with Gasteiger partial charge in [-0.3, -0.25) is 14.5 Å². The molecule has 4 nitrogen and oxygen atoms in total. The fraction of sp³-hybridized carbons (Fsp3) is 0.667. The second-order valence-electron chi connectivity index (χ2n) is 9.15. The van der Waals surface area contributed by atoms with Crippen LogP contribution in [0.5, 0.6) is 0 Å². The number of ether oxygens (including phenoxy) is 1. The Labute approximate surface area is 168 Å². The Bertz CT molecular complexity index is 695. The molecule has 0 aromatic heterocycles. The normalized spacial score (nSPS) is 33.8. The van der Waals surface area contributed by atoms with Crippen molar-refractivity contribution in [1.82, 2.24) is 4.90 Å². The number of carbonyl (C=O) groups excluding carboxylic acids is 2. The van der Waals surface area contributed by atoms with Crippen LogP contribution in [0.1, 0.15) is 70.3 Å². The fourth-order valence-corrected chi connectivity index (χ4v) is 5.67. The van der Waals surface area contributed by atoms with Crippen molar-refractivity contribution in [3.8, 4) is 0 Å². The SMILES string of the molecule is C[C@@H]1CC2(CCCCO2)CC[C@H]1C(=O)N1C(=O)CCC[C@H]1Cc1ccccc1. The van der Waals surface area contributed by atoms with Crippen LogP contribution >= 0.6 is 0 Å². The van der Waals surface area contributed by atoms with E-state index in [0.29, 0.717) is 6.42 Å². The maximum Gasteiger partial charge on any atom is 0.232 e. The molecule has 4 atom stereocenters. The molecule has 28 heavy (non-hydrogen) atoms. The molecular weight excluding hydrogens is 350 g/mol. The van der Waals surface area contributed by atoms with E-state index in [1.807, 2.05) is 18.2 Å². The second-order valence-corrected chi connectivity index (χ2v) is 9.15. The van der Waals surface area contributed by atoms with Crippen molar-refractivity contribution in [2.24, 2.45) is 11.8 Å². The van der Waals surface area contributed by atoms with Gasteiger partial charge in [0.05, 0.1) is 5.60 Å². The lowest BCUT2D eigenvalue weighted by Crippen LogP contribution is -2.54. The van der Waals surface area contributed by atoms with Gasteiger partial charge in [0.2, 0.25) is 11.8 Å². The number of nitrogens with zero attached hydrogens (tertiary/aromatic N) is 1. The summed E-state index contributed by atoms with van der Waals surface area (Å²) in [6.45, 7) is 3.04. The Hall–Kier alpha value is -1.68. The van der Waals surface area contributed by atoms with Crippen molar-refractivity contribution in [3.63, 3.8) is 0 Å². The van der Waals surface area contributed by atoms with Crippen LogP contribution in [-0.2, 0) is 20.7 Å². The van der Waals surface area contributed by atoms with Gasteiger partial charge in [0, 0.05) is 25.0 Å². The molecule has 0 bridgehead atoms. The van der Waals surface area contributed by atoms with Crippen LogP contribution in [0, 0.1) is 11.8 Å². The average Bonchev–Trinajstić information content (AvgIpc) is 2.69. The van der Waals surface area contributed by atoms with Gasteiger partial charge in [-0.15, -0.1) is 0 Å². The van der Waals surface area contributed by atoms with E-state index in [4.69, 9.17) is 4.74 Å². The Morgan fingerprint density at radius 2 is 1.96 bits per heavy atom. The molecule has 0 radical (unpaired) electrons. The molecule has 1 spiro atoms. The minimum absolute atomic E-state index is 0.00478. The number of hydrogen-bond acceptors (Lipinski definition) is 3. The van der Waals surface area contributed by atoms with Gasteiger partial charge in [-0.2, -0.15) is 0 Å². The Balaban J connectivity index is 1.47. The number of amides is 2. The molecule has 2 amide bonds. The van der Waals surface area contributed by atoms with Crippen LogP contribution in [0.4, 0.5) is 0 Å². The lowest BCUT2D eigenvalue weighted by molar-refractivity contribution is -0.159.